The average molecular weight is 730 g/mol. The van der Waals surface area contributed by atoms with Crippen LogP contribution in [-0.2, 0) is 5.41 Å². The summed E-state index contributed by atoms with van der Waals surface area (Å²) in [4.78, 5) is 2.46. The molecule has 2 nitrogen and oxygen atoms in total. The first-order chi connectivity index (χ1) is 28.0. The van der Waals surface area contributed by atoms with Crippen molar-refractivity contribution >= 4 is 49.8 Å². The molecule has 0 radical (unpaired) electrons. The summed E-state index contributed by atoms with van der Waals surface area (Å²) in [6.45, 7) is 4.72. The van der Waals surface area contributed by atoms with E-state index in [1.807, 2.05) is 6.07 Å². The van der Waals surface area contributed by atoms with Crippen LogP contribution >= 0.6 is 0 Å². The van der Waals surface area contributed by atoms with Crippen LogP contribution in [0.4, 0.5) is 17.1 Å². The number of rotatable bonds is 6. The van der Waals surface area contributed by atoms with E-state index in [1.165, 1.54) is 55.3 Å². The summed E-state index contributed by atoms with van der Waals surface area (Å²) in [5.41, 5.74) is 17.3. The monoisotopic (exact) mass is 729 g/mol. The molecule has 57 heavy (non-hydrogen) atoms. The maximum atomic E-state index is 6.57. The zero-order valence-electron chi connectivity index (χ0n) is 31.9. The van der Waals surface area contributed by atoms with Gasteiger partial charge in [-0.25, -0.2) is 0 Å². The van der Waals surface area contributed by atoms with E-state index < -0.39 is 0 Å². The number of benzene rings is 9. The Morgan fingerprint density at radius 3 is 1.95 bits per heavy atom. The van der Waals surface area contributed by atoms with E-state index in [1.54, 1.807) is 0 Å². The fraction of sp³-hybridized carbons (Fsp3) is 0.0545. The van der Waals surface area contributed by atoms with Gasteiger partial charge in [0.15, 0.2) is 0 Å². The summed E-state index contributed by atoms with van der Waals surface area (Å²) < 4.78 is 6.57. The highest BCUT2D eigenvalue weighted by atomic mass is 16.3. The van der Waals surface area contributed by atoms with E-state index in [0.717, 1.165) is 50.1 Å². The molecule has 1 heterocycles. The first kappa shape index (κ1) is 33.2. The van der Waals surface area contributed by atoms with Gasteiger partial charge in [0.1, 0.15) is 11.2 Å². The zero-order chi connectivity index (χ0) is 38.1. The SMILES string of the molecule is CC1(C)c2ccccc2-c2c(-c3c(-c4ccccc4)cccc3N(c3cccc(-c4cccc5c4oc4ccccc45)c3)c3ccc4ccccc4c3)cccc21. The lowest BCUT2D eigenvalue weighted by Gasteiger charge is -2.30. The van der Waals surface area contributed by atoms with Gasteiger partial charge in [-0.05, 0) is 91.7 Å². The topological polar surface area (TPSA) is 16.4 Å². The summed E-state index contributed by atoms with van der Waals surface area (Å²) in [5, 5.41) is 4.66. The maximum absolute atomic E-state index is 6.57. The highest BCUT2D eigenvalue weighted by Gasteiger charge is 2.37. The first-order valence-corrected chi connectivity index (χ1v) is 19.8. The molecular formula is C55H39NO. The van der Waals surface area contributed by atoms with Crippen LogP contribution in [-0.4, -0.2) is 0 Å². The number of nitrogens with zero attached hydrogens (tertiary/aromatic N) is 1. The molecule has 0 bridgehead atoms. The fourth-order valence-electron chi connectivity index (χ4n) is 9.36. The Kier molecular flexibility index (Phi) is 7.55. The number of hydrogen-bond donors (Lipinski definition) is 0. The largest absolute Gasteiger partial charge is 0.455 e. The Hall–Kier alpha value is -7.16. The molecule has 0 spiro atoms. The van der Waals surface area contributed by atoms with Crippen molar-refractivity contribution in [1.29, 1.82) is 0 Å². The molecule has 1 aliphatic rings. The van der Waals surface area contributed by atoms with Crippen LogP contribution in [0.15, 0.2) is 205 Å². The van der Waals surface area contributed by atoms with Crippen molar-refractivity contribution < 1.29 is 4.42 Å². The van der Waals surface area contributed by atoms with Gasteiger partial charge < -0.3 is 9.32 Å². The van der Waals surface area contributed by atoms with E-state index >= 15 is 0 Å². The molecule has 0 atom stereocenters. The van der Waals surface area contributed by atoms with Crippen molar-refractivity contribution in [3.05, 3.63) is 211 Å². The number of hydrogen-bond acceptors (Lipinski definition) is 2. The molecule has 0 fully saturated rings. The second kappa shape index (κ2) is 13.0. The van der Waals surface area contributed by atoms with Crippen LogP contribution in [0.25, 0.3) is 77.2 Å². The molecule has 0 saturated heterocycles. The molecule has 1 aliphatic carbocycles. The van der Waals surface area contributed by atoms with Crippen LogP contribution in [0.2, 0.25) is 0 Å². The lowest BCUT2D eigenvalue weighted by Crippen LogP contribution is -2.15. The molecule has 0 saturated carbocycles. The van der Waals surface area contributed by atoms with Crippen LogP contribution in [0.5, 0.6) is 0 Å². The van der Waals surface area contributed by atoms with Gasteiger partial charge in [0.25, 0.3) is 0 Å². The van der Waals surface area contributed by atoms with Gasteiger partial charge in [0, 0.05) is 38.7 Å². The number of furan rings is 1. The third-order valence-electron chi connectivity index (χ3n) is 12.1. The Balaban J connectivity index is 1.21. The van der Waals surface area contributed by atoms with E-state index in [2.05, 4.69) is 213 Å². The van der Waals surface area contributed by atoms with E-state index in [9.17, 15) is 0 Å². The van der Waals surface area contributed by atoms with Crippen molar-refractivity contribution in [3.63, 3.8) is 0 Å². The fourth-order valence-corrected chi connectivity index (χ4v) is 9.36. The quantitative estimate of drug-likeness (QED) is 0.169. The molecule has 0 aliphatic heterocycles. The van der Waals surface area contributed by atoms with E-state index in [0.29, 0.717) is 0 Å². The Labute approximate surface area is 332 Å². The number of anilines is 3. The van der Waals surface area contributed by atoms with Crippen molar-refractivity contribution in [2.45, 2.75) is 19.3 Å². The molecule has 1 aromatic heterocycles. The Morgan fingerprint density at radius 2 is 1.04 bits per heavy atom. The van der Waals surface area contributed by atoms with Crippen molar-refractivity contribution in [2.24, 2.45) is 0 Å². The minimum absolute atomic E-state index is 0.131. The van der Waals surface area contributed by atoms with Gasteiger partial charge >= 0.3 is 0 Å². The van der Waals surface area contributed by atoms with E-state index in [4.69, 9.17) is 4.42 Å². The smallest absolute Gasteiger partial charge is 0.143 e. The third kappa shape index (κ3) is 5.25. The normalized spacial score (nSPS) is 12.9. The van der Waals surface area contributed by atoms with Crippen molar-refractivity contribution in [3.8, 4) is 44.5 Å². The molecule has 0 N–H and O–H groups in total. The maximum Gasteiger partial charge on any atom is 0.143 e. The van der Waals surface area contributed by atoms with Gasteiger partial charge in [0.2, 0.25) is 0 Å². The molecule has 2 heteroatoms. The van der Waals surface area contributed by atoms with Crippen LogP contribution in [0.3, 0.4) is 0 Å². The highest BCUT2D eigenvalue weighted by Crippen LogP contribution is 2.55. The van der Waals surface area contributed by atoms with E-state index in [-0.39, 0.29) is 5.41 Å². The lowest BCUT2D eigenvalue weighted by atomic mass is 9.81. The molecule has 0 amide bonds. The molecule has 0 unspecified atom stereocenters. The Morgan fingerprint density at radius 1 is 0.404 bits per heavy atom. The number of fused-ring (bicyclic) bond motifs is 7. The Bertz CT molecular complexity index is 3170. The van der Waals surface area contributed by atoms with Gasteiger partial charge in [-0.3, -0.25) is 0 Å². The second-order valence-corrected chi connectivity index (χ2v) is 15.7. The van der Waals surface area contributed by atoms with Crippen LogP contribution in [0.1, 0.15) is 25.0 Å². The first-order valence-electron chi connectivity index (χ1n) is 19.8. The molecule has 10 aromatic rings. The van der Waals surface area contributed by atoms with Gasteiger partial charge in [-0.1, -0.05) is 178 Å². The second-order valence-electron chi connectivity index (χ2n) is 15.7. The summed E-state index contributed by atoms with van der Waals surface area (Å²) in [6.07, 6.45) is 0. The summed E-state index contributed by atoms with van der Waals surface area (Å²) in [5.74, 6) is 0. The van der Waals surface area contributed by atoms with Crippen LogP contribution < -0.4 is 4.90 Å². The van der Waals surface area contributed by atoms with Crippen LogP contribution in [0, 0.1) is 0 Å². The van der Waals surface area contributed by atoms with Crippen molar-refractivity contribution in [2.75, 3.05) is 4.90 Å². The van der Waals surface area contributed by atoms with Crippen molar-refractivity contribution in [1.82, 2.24) is 0 Å². The highest BCUT2D eigenvalue weighted by molar-refractivity contribution is 6.10. The molecular weight excluding hydrogens is 691 g/mol. The minimum Gasteiger partial charge on any atom is -0.455 e. The molecule has 270 valence electrons. The minimum atomic E-state index is -0.131. The van der Waals surface area contributed by atoms with Gasteiger partial charge in [-0.15, -0.1) is 0 Å². The molecule has 9 aromatic carbocycles. The van der Waals surface area contributed by atoms with Gasteiger partial charge in [0.05, 0.1) is 5.69 Å². The predicted octanol–water partition coefficient (Wildman–Crippen LogP) is 15.5. The third-order valence-corrected chi connectivity index (χ3v) is 12.1. The molecule has 11 rings (SSSR count). The summed E-state index contributed by atoms with van der Waals surface area (Å²) in [7, 11) is 0. The summed E-state index contributed by atoms with van der Waals surface area (Å²) in [6, 6.07) is 72.7. The number of para-hydroxylation sites is 2. The zero-order valence-corrected chi connectivity index (χ0v) is 31.9. The lowest BCUT2D eigenvalue weighted by molar-refractivity contribution is 0.660. The standard InChI is InChI=1S/C55H39NO/c1-55(2)48-28-10-8-23-46(48)52-47(27-14-29-49(52)55)53-42(37-17-4-3-5-18-37)24-15-30-50(53)56(41-33-32-36-16-6-7-19-38(36)34-41)40-21-12-20-39(35-40)43-25-13-26-45-44-22-9-11-31-51(44)57-54(43)45/h3-35H,1-2H3. The summed E-state index contributed by atoms with van der Waals surface area (Å²) >= 11 is 0. The average Bonchev–Trinajstić information content (AvgIpc) is 3.76. The predicted molar refractivity (Wildman–Crippen MR) is 240 cm³/mol. The van der Waals surface area contributed by atoms with Gasteiger partial charge in [-0.2, -0.15) is 0 Å².